The van der Waals surface area contributed by atoms with E-state index in [4.69, 9.17) is 11.6 Å². The topological polar surface area (TPSA) is 58.7 Å². The molecule has 1 aromatic carbocycles. The van der Waals surface area contributed by atoms with Crippen LogP contribution in [-0.2, 0) is 0 Å². The van der Waals surface area contributed by atoms with E-state index in [1.165, 1.54) is 5.56 Å². The number of carbonyl (C=O) groups excluding carboxylic acids is 1. The highest BCUT2D eigenvalue weighted by molar-refractivity contribution is 6.30. The summed E-state index contributed by atoms with van der Waals surface area (Å²) in [5.41, 5.74) is 6.98. The predicted molar refractivity (Wildman–Crippen MR) is 136 cm³/mol. The van der Waals surface area contributed by atoms with Crippen LogP contribution in [-0.4, -0.2) is 50.1 Å². The Morgan fingerprint density at radius 3 is 2.46 bits per heavy atom. The van der Waals surface area contributed by atoms with E-state index in [9.17, 15) is 4.79 Å². The summed E-state index contributed by atoms with van der Waals surface area (Å²) in [5, 5.41) is 9.26. The van der Waals surface area contributed by atoms with Crippen LogP contribution in [0, 0.1) is 13.8 Å². The molecule has 3 aliphatic rings. The number of rotatable bonds is 4. The van der Waals surface area contributed by atoms with Gasteiger partial charge in [-0.1, -0.05) is 23.7 Å². The number of likely N-dealkylation sites (N-methyl/N-ethyl adjacent to an activating group) is 1. The Morgan fingerprint density at radius 2 is 1.77 bits per heavy atom. The fourth-order valence-corrected chi connectivity index (χ4v) is 6.00. The Hall–Kier alpha value is -3.16. The van der Waals surface area contributed by atoms with Crippen molar-refractivity contribution < 1.29 is 4.79 Å². The summed E-state index contributed by atoms with van der Waals surface area (Å²) >= 11 is 6.27. The van der Waals surface area contributed by atoms with E-state index >= 15 is 0 Å². The third kappa shape index (κ3) is 3.11. The zero-order valence-corrected chi connectivity index (χ0v) is 20.8. The first-order chi connectivity index (χ1) is 16.9. The fourth-order valence-electron chi connectivity index (χ4n) is 5.88. The lowest BCUT2D eigenvalue weighted by Crippen LogP contribution is -2.45. The van der Waals surface area contributed by atoms with Gasteiger partial charge in [0.1, 0.15) is 11.9 Å². The molecular formula is C27H27ClN6O. The van der Waals surface area contributed by atoms with Crippen LogP contribution in [0.3, 0.4) is 0 Å². The quantitative estimate of drug-likeness (QED) is 0.411. The van der Waals surface area contributed by atoms with Crippen LogP contribution in [0.25, 0.3) is 5.65 Å². The fraction of sp³-hybridized carbons (Fsp3) is 0.370. The van der Waals surface area contributed by atoms with Gasteiger partial charge in [0.05, 0.1) is 23.0 Å². The minimum atomic E-state index is -0.221. The molecule has 1 atom stereocenters. The van der Waals surface area contributed by atoms with Crippen molar-refractivity contribution in [2.45, 2.75) is 44.7 Å². The molecule has 3 aromatic heterocycles. The van der Waals surface area contributed by atoms with Gasteiger partial charge in [0.15, 0.2) is 5.65 Å². The normalized spacial score (nSPS) is 20.6. The molecule has 4 aromatic rings. The number of carbonyl (C=O) groups is 1. The molecule has 0 radical (unpaired) electrons. The third-order valence-electron chi connectivity index (χ3n) is 7.82. The molecule has 2 aliphatic heterocycles. The molecule has 2 fully saturated rings. The van der Waals surface area contributed by atoms with E-state index in [1.54, 1.807) is 0 Å². The lowest BCUT2D eigenvalue weighted by Gasteiger charge is -2.39. The van der Waals surface area contributed by atoms with Gasteiger partial charge in [-0.25, -0.2) is 0 Å². The van der Waals surface area contributed by atoms with Gasteiger partial charge in [-0.15, -0.1) is 10.2 Å². The zero-order chi connectivity index (χ0) is 24.0. The number of benzene rings is 1. The largest absolute Gasteiger partial charge is 0.343 e. The van der Waals surface area contributed by atoms with E-state index in [1.807, 2.05) is 41.5 Å². The van der Waals surface area contributed by atoms with Crippen LogP contribution in [0.1, 0.15) is 69.4 Å². The molecule has 5 heterocycles. The zero-order valence-electron chi connectivity index (χ0n) is 20.1. The molecular weight excluding hydrogens is 460 g/mol. The molecule has 0 N–H and O–H groups in total. The highest BCUT2D eigenvalue weighted by Crippen LogP contribution is 2.51. The first-order valence-corrected chi connectivity index (χ1v) is 12.6. The van der Waals surface area contributed by atoms with Gasteiger partial charge in [0.25, 0.3) is 5.91 Å². The van der Waals surface area contributed by atoms with E-state index in [0.29, 0.717) is 17.0 Å². The van der Waals surface area contributed by atoms with Gasteiger partial charge in [-0.3, -0.25) is 14.1 Å². The molecule has 1 aliphatic carbocycles. The highest BCUT2D eigenvalue weighted by Gasteiger charge is 2.47. The van der Waals surface area contributed by atoms with Gasteiger partial charge in [0, 0.05) is 30.5 Å². The Morgan fingerprint density at radius 1 is 1.03 bits per heavy atom. The van der Waals surface area contributed by atoms with E-state index < -0.39 is 0 Å². The van der Waals surface area contributed by atoms with E-state index in [-0.39, 0.29) is 11.9 Å². The monoisotopic (exact) mass is 486 g/mol. The summed E-state index contributed by atoms with van der Waals surface area (Å²) in [6, 6.07) is 10.2. The molecule has 0 bridgehead atoms. The van der Waals surface area contributed by atoms with Crippen LogP contribution < -0.4 is 4.90 Å². The van der Waals surface area contributed by atoms with Gasteiger partial charge in [0.2, 0.25) is 0 Å². The maximum absolute atomic E-state index is 14.3. The molecule has 1 saturated carbocycles. The smallest absolute Gasteiger partial charge is 0.261 e. The van der Waals surface area contributed by atoms with Gasteiger partial charge in [-0.05, 0) is 74.5 Å². The van der Waals surface area contributed by atoms with Crippen molar-refractivity contribution in [1.82, 2.24) is 24.1 Å². The number of hydrogen-bond acceptors (Lipinski definition) is 4. The molecule has 7 nitrogen and oxygen atoms in total. The second-order valence-corrected chi connectivity index (χ2v) is 10.8. The van der Waals surface area contributed by atoms with Crippen LogP contribution in [0.15, 0.2) is 42.7 Å². The van der Waals surface area contributed by atoms with Crippen molar-refractivity contribution >= 4 is 28.8 Å². The first kappa shape index (κ1) is 21.1. The number of fused-ring (bicyclic) bond motifs is 2. The van der Waals surface area contributed by atoms with Crippen molar-refractivity contribution in [2.75, 3.05) is 25.0 Å². The summed E-state index contributed by atoms with van der Waals surface area (Å²) < 4.78 is 4.40. The molecule has 1 unspecified atom stereocenters. The first-order valence-electron chi connectivity index (χ1n) is 12.2. The molecule has 35 heavy (non-hydrogen) atoms. The lowest BCUT2D eigenvalue weighted by molar-refractivity contribution is 0.0992. The number of likely N-dealkylation sites (tertiary alicyclic amines) is 1. The minimum Gasteiger partial charge on any atom is -0.343 e. The summed E-state index contributed by atoms with van der Waals surface area (Å²) in [4.78, 5) is 18.6. The number of pyridine rings is 1. The van der Waals surface area contributed by atoms with Crippen molar-refractivity contribution in [1.29, 1.82) is 0 Å². The van der Waals surface area contributed by atoms with Crippen molar-refractivity contribution in [2.24, 2.45) is 0 Å². The van der Waals surface area contributed by atoms with Crippen molar-refractivity contribution in [3.05, 3.63) is 81.5 Å². The van der Waals surface area contributed by atoms with Crippen LogP contribution in [0.5, 0.6) is 0 Å². The number of anilines is 1. The van der Waals surface area contributed by atoms with Gasteiger partial charge in [-0.2, -0.15) is 0 Å². The number of aromatic nitrogens is 4. The summed E-state index contributed by atoms with van der Waals surface area (Å²) in [6.45, 7) is 5.96. The number of amides is 1. The lowest BCUT2D eigenvalue weighted by atomic mass is 10.0. The molecule has 7 rings (SSSR count). The Balaban J connectivity index is 1.46. The number of hydrogen-bond donors (Lipinski definition) is 0. The number of halogens is 1. The molecule has 1 amide bonds. The molecule has 0 spiro atoms. The maximum atomic E-state index is 14.3. The van der Waals surface area contributed by atoms with E-state index in [2.05, 4.69) is 51.1 Å². The number of nitrogens with zero attached hydrogens (tertiary/aromatic N) is 6. The third-order valence-corrected chi connectivity index (χ3v) is 8.07. The maximum Gasteiger partial charge on any atom is 0.261 e. The number of aryl methyl sites for hydroxylation is 2. The Bertz CT molecular complexity index is 1490. The molecule has 178 valence electrons. The average Bonchev–Trinajstić information content (AvgIpc) is 3.39. The van der Waals surface area contributed by atoms with Crippen LogP contribution in [0.4, 0.5) is 5.69 Å². The second kappa shape index (κ2) is 7.42. The molecule has 1 saturated heterocycles. The second-order valence-electron chi connectivity index (χ2n) is 10.4. The van der Waals surface area contributed by atoms with Crippen LogP contribution in [0.2, 0.25) is 5.02 Å². The summed E-state index contributed by atoms with van der Waals surface area (Å²) in [6.07, 6.45) is 6.61. The van der Waals surface area contributed by atoms with Gasteiger partial charge < -0.3 is 9.47 Å². The molecule has 8 heteroatoms. The van der Waals surface area contributed by atoms with Gasteiger partial charge >= 0.3 is 0 Å². The van der Waals surface area contributed by atoms with Crippen molar-refractivity contribution in [3.8, 4) is 0 Å². The SMILES string of the molecule is Cc1cc(N2C(=O)c3c(C4CC4)cn(C4CN(C)C4)c3C2c2ccc(Cl)cc2)cn2c(C)nnc12. The average molecular weight is 487 g/mol. The van der Waals surface area contributed by atoms with Crippen LogP contribution >= 0.6 is 11.6 Å². The standard InChI is InChI=1S/C27H27ClN6O/c1-15-10-20(13-32-16(2)29-30-26(15)32)34-24(18-6-8-19(28)9-7-18)25-23(27(34)35)22(17-4-5-17)14-33(25)21-11-31(3)12-21/h6-10,13-14,17,21,24H,4-5,11-12H2,1-3H3. The Kier molecular flexibility index (Phi) is 4.48. The summed E-state index contributed by atoms with van der Waals surface area (Å²) in [7, 11) is 2.15. The van der Waals surface area contributed by atoms with Crippen molar-refractivity contribution in [3.63, 3.8) is 0 Å². The van der Waals surface area contributed by atoms with E-state index in [0.717, 1.165) is 65.5 Å². The minimum absolute atomic E-state index is 0.0813. The Labute approximate surface area is 208 Å². The summed E-state index contributed by atoms with van der Waals surface area (Å²) in [5.74, 6) is 1.37. The predicted octanol–water partition coefficient (Wildman–Crippen LogP) is 4.91. The highest BCUT2D eigenvalue weighted by atomic mass is 35.5.